The van der Waals surface area contributed by atoms with Crippen LogP contribution < -0.4 is 9.47 Å². The van der Waals surface area contributed by atoms with Crippen molar-refractivity contribution in [1.29, 1.82) is 0 Å². The standard InChI is InChI=1S/C25H29NO2/c1-25(2)17-23(20-10-9-18-7-5-6-8-19(18)15-20)22-12-11-21(16-24(22)28-25)27-14-13-26(3)4/h5-12,15-16,23H,13-14,17H2,1-4H3. The Hall–Kier alpha value is -2.52. The Labute approximate surface area is 167 Å². The first kappa shape index (κ1) is 18.8. The molecule has 0 aromatic heterocycles. The Morgan fingerprint density at radius 3 is 2.57 bits per heavy atom. The van der Waals surface area contributed by atoms with Gasteiger partial charge in [-0.15, -0.1) is 0 Å². The average Bonchev–Trinajstić information content (AvgIpc) is 2.65. The molecule has 0 N–H and O–H groups in total. The average molecular weight is 376 g/mol. The Balaban J connectivity index is 1.67. The van der Waals surface area contributed by atoms with Gasteiger partial charge in [-0.2, -0.15) is 0 Å². The summed E-state index contributed by atoms with van der Waals surface area (Å²) in [6.07, 6.45) is 0.958. The number of benzene rings is 3. The lowest BCUT2D eigenvalue weighted by atomic mass is 9.79. The molecule has 1 aliphatic rings. The van der Waals surface area contributed by atoms with E-state index in [1.54, 1.807) is 0 Å². The van der Waals surface area contributed by atoms with Gasteiger partial charge in [-0.05, 0) is 56.8 Å². The molecule has 1 heterocycles. The van der Waals surface area contributed by atoms with Crippen molar-refractivity contribution < 1.29 is 9.47 Å². The molecule has 4 rings (SSSR count). The summed E-state index contributed by atoms with van der Waals surface area (Å²) in [5.41, 5.74) is 2.37. The summed E-state index contributed by atoms with van der Waals surface area (Å²) < 4.78 is 12.3. The number of ether oxygens (including phenoxy) is 2. The molecule has 0 saturated heterocycles. The molecule has 3 heteroatoms. The number of fused-ring (bicyclic) bond motifs is 2. The molecule has 0 bridgehead atoms. The molecule has 28 heavy (non-hydrogen) atoms. The smallest absolute Gasteiger partial charge is 0.127 e. The maximum Gasteiger partial charge on any atom is 0.127 e. The van der Waals surface area contributed by atoms with Gasteiger partial charge in [-0.25, -0.2) is 0 Å². The molecule has 0 radical (unpaired) electrons. The number of hydrogen-bond donors (Lipinski definition) is 0. The van der Waals surface area contributed by atoms with E-state index in [4.69, 9.17) is 9.47 Å². The van der Waals surface area contributed by atoms with E-state index in [0.29, 0.717) is 12.5 Å². The number of likely N-dealkylation sites (N-methyl/N-ethyl adjacent to an activating group) is 1. The van der Waals surface area contributed by atoms with Crippen LogP contribution in [0, 0.1) is 0 Å². The van der Waals surface area contributed by atoms with Gasteiger partial charge in [0.05, 0.1) is 0 Å². The molecule has 3 aromatic carbocycles. The predicted molar refractivity (Wildman–Crippen MR) is 116 cm³/mol. The van der Waals surface area contributed by atoms with E-state index in [9.17, 15) is 0 Å². The number of nitrogens with zero attached hydrogens (tertiary/aromatic N) is 1. The SMILES string of the molecule is CN(C)CCOc1ccc2c(c1)OC(C)(C)CC2c1ccc2ccccc2c1. The highest BCUT2D eigenvalue weighted by Crippen LogP contribution is 2.45. The molecule has 0 saturated carbocycles. The molecule has 146 valence electrons. The van der Waals surface area contributed by atoms with Crippen LogP contribution in [0.25, 0.3) is 10.8 Å². The Kier molecular flexibility index (Phi) is 5.03. The lowest BCUT2D eigenvalue weighted by Gasteiger charge is -2.38. The zero-order valence-electron chi connectivity index (χ0n) is 17.2. The molecule has 1 unspecified atom stereocenters. The second-order valence-electron chi connectivity index (χ2n) is 8.58. The monoisotopic (exact) mass is 375 g/mol. The maximum atomic E-state index is 6.34. The molecule has 0 aliphatic carbocycles. The second-order valence-corrected chi connectivity index (χ2v) is 8.58. The summed E-state index contributed by atoms with van der Waals surface area (Å²) in [4.78, 5) is 2.12. The van der Waals surface area contributed by atoms with Gasteiger partial charge in [-0.1, -0.05) is 48.5 Å². The molecular weight excluding hydrogens is 346 g/mol. The summed E-state index contributed by atoms with van der Waals surface area (Å²) in [5.74, 6) is 2.13. The fraction of sp³-hybridized carbons (Fsp3) is 0.360. The van der Waals surface area contributed by atoms with E-state index in [0.717, 1.165) is 24.5 Å². The number of hydrogen-bond acceptors (Lipinski definition) is 3. The third-order valence-corrected chi connectivity index (χ3v) is 5.43. The van der Waals surface area contributed by atoms with Crippen LogP contribution in [0.15, 0.2) is 60.7 Å². The highest BCUT2D eigenvalue weighted by Gasteiger charge is 2.34. The summed E-state index contributed by atoms with van der Waals surface area (Å²) in [5, 5.41) is 2.57. The lowest BCUT2D eigenvalue weighted by molar-refractivity contribution is 0.0770. The first-order valence-electron chi connectivity index (χ1n) is 10.0. The normalized spacial score (nSPS) is 18.0. The van der Waals surface area contributed by atoms with Crippen molar-refractivity contribution >= 4 is 10.8 Å². The quantitative estimate of drug-likeness (QED) is 0.590. The van der Waals surface area contributed by atoms with Crippen LogP contribution in [0.2, 0.25) is 0 Å². The zero-order valence-corrected chi connectivity index (χ0v) is 17.2. The van der Waals surface area contributed by atoms with E-state index in [2.05, 4.69) is 93.5 Å². The molecule has 0 fully saturated rings. The Morgan fingerprint density at radius 1 is 1.00 bits per heavy atom. The minimum absolute atomic E-state index is 0.217. The molecule has 1 aliphatic heterocycles. The van der Waals surface area contributed by atoms with E-state index in [1.165, 1.54) is 21.9 Å². The summed E-state index contributed by atoms with van der Waals surface area (Å²) in [7, 11) is 4.10. The van der Waals surface area contributed by atoms with Crippen LogP contribution in [-0.4, -0.2) is 37.7 Å². The summed E-state index contributed by atoms with van der Waals surface area (Å²) in [6, 6.07) is 21.7. The summed E-state index contributed by atoms with van der Waals surface area (Å²) >= 11 is 0. The van der Waals surface area contributed by atoms with Crippen molar-refractivity contribution in [3.63, 3.8) is 0 Å². The van der Waals surface area contributed by atoms with Crippen molar-refractivity contribution in [3.05, 3.63) is 71.8 Å². The highest BCUT2D eigenvalue weighted by molar-refractivity contribution is 5.83. The van der Waals surface area contributed by atoms with Crippen LogP contribution in [0.4, 0.5) is 0 Å². The highest BCUT2D eigenvalue weighted by atomic mass is 16.5. The van der Waals surface area contributed by atoms with Gasteiger partial charge in [0.1, 0.15) is 23.7 Å². The van der Waals surface area contributed by atoms with Crippen molar-refractivity contribution in [2.75, 3.05) is 27.2 Å². The van der Waals surface area contributed by atoms with Gasteiger partial charge in [0.2, 0.25) is 0 Å². The first-order chi connectivity index (χ1) is 13.4. The number of rotatable bonds is 5. The molecular formula is C25H29NO2. The van der Waals surface area contributed by atoms with E-state index in [1.807, 2.05) is 0 Å². The fourth-order valence-electron chi connectivity index (χ4n) is 3.99. The van der Waals surface area contributed by atoms with Crippen LogP contribution in [0.3, 0.4) is 0 Å². The van der Waals surface area contributed by atoms with Gasteiger partial charge in [0.25, 0.3) is 0 Å². The minimum Gasteiger partial charge on any atom is -0.492 e. The minimum atomic E-state index is -0.217. The van der Waals surface area contributed by atoms with Crippen molar-refractivity contribution in [2.24, 2.45) is 0 Å². The van der Waals surface area contributed by atoms with Crippen molar-refractivity contribution in [3.8, 4) is 11.5 Å². The molecule has 0 amide bonds. The van der Waals surface area contributed by atoms with Gasteiger partial charge in [0.15, 0.2) is 0 Å². The third kappa shape index (κ3) is 4.00. The van der Waals surface area contributed by atoms with Gasteiger partial charge in [-0.3, -0.25) is 0 Å². The van der Waals surface area contributed by atoms with Gasteiger partial charge in [0, 0.05) is 24.1 Å². The lowest BCUT2D eigenvalue weighted by Crippen LogP contribution is -2.35. The Morgan fingerprint density at radius 2 is 1.79 bits per heavy atom. The van der Waals surface area contributed by atoms with Crippen LogP contribution in [0.1, 0.15) is 37.3 Å². The van der Waals surface area contributed by atoms with Crippen LogP contribution in [-0.2, 0) is 0 Å². The van der Waals surface area contributed by atoms with Crippen LogP contribution >= 0.6 is 0 Å². The first-order valence-corrected chi connectivity index (χ1v) is 10.0. The van der Waals surface area contributed by atoms with E-state index < -0.39 is 0 Å². The van der Waals surface area contributed by atoms with Crippen molar-refractivity contribution in [1.82, 2.24) is 4.90 Å². The van der Waals surface area contributed by atoms with Gasteiger partial charge < -0.3 is 14.4 Å². The fourth-order valence-corrected chi connectivity index (χ4v) is 3.99. The van der Waals surface area contributed by atoms with Crippen LogP contribution in [0.5, 0.6) is 11.5 Å². The Bertz CT molecular complexity index is 977. The van der Waals surface area contributed by atoms with E-state index >= 15 is 0 Å². The molecule has 1 atom stereocenters. The second kappa shape index (κ2) is 7.48. The molecule has 0 spiro atoms. The van der Waals surface area contributed by atoms with E-state index in [-0.39, 0.29) is 5.60 Å². The zero-order chi connectivity index (χ0) is 19.7. The van der Waals surface area contributed by atoms with Crippen molar-refractivity contribution in [2.45, 2.75) is 31.8 Å². The largest absolute Gasteiger partial charge is 0.492 e. The third-order valence-electron chi connectivity index (χ3n) is 5.43. The maximum absolute atomic E-state index is 6.34. The molecule has 3 aromatic rings. The predicted octanol–water partition coefficient (Wildman–Crippen LogP) is 5.47. The van der Waals surface area contributed by atoms with Gasteiger partial charge >= 0.3 is 0 Å². The topological polar surface area (TPSA) is 21.7 Å². The molecule has 3 nitrogen and oxygen atoms in total. The summed E-state index contributed by atoms with van der Waals surface area (Å²) in [6.45, 7) is 5.90.